The van der Waals surface area contributed by atoms with E-state index in [0.29, 0.717) is 0 Å². The molecule has 2 aromatic heterocycles. The van der Waals surface area contributed by atoms with E-state index < -0.39 is 0 Å². The summed E-state index contributed by atoms with van der Waals surface area (Å²) in [5.74, 6) is 2.24. The molecule has 0 aliphatic rings. The molecule has 2 heterocycles. The number of pyridine rings is 1. The van der Waals surface area contributed by atoms with E-state index in [1.165, 1.54) is 0 Å². The fourth-order valence-electron chi connectivity index (χ4n) is 1.52. The Bertz CT molecular complexity index is 524. The summed E-state index contributed by atoms with van der Waals surface area (Å²) < 4.78 is 0. The molecular weight excluding hydrogens is 214 g/mol. The molecule has 0 fully saturated rings. The normalized spacial score (nSPS) is 10.1. The maximum absolute atomic E-state index is 4.30. The molecule has 0 saturated heterocycles. The highest BCUT2D eigenvalue weighted by Gasteiger charge is 2.01. The molecule has 5 heteroatoms. The highest BCUT2D eigenvalue weighted by molar-refractivity contribution is 5.60. The second-order valence-corrected chi connectivity index (χ2v) is 3.75. The molecule has 2 N–H and O–H groups in total. The summed E-state index contributed by atoms with van der Waals surface area (Å²) in [7, 11) is 1.89. The number of aryl methyl sites for hydroxylation is 2. The Hall–Kier alpha value is -2.17. The quantitative estimate of drug-likeness (QED) is 0.845. The molecule has 5 nitrogen and oxygen atoms in total. The molecule has 0 bridgehead atoms. The van der Waals surface area contributed by atoms with Gasteiger partial charge < -0.3 is 10.6 Å². The Kier molecular flexibility index (Phi) is 3.18. The van der Waals surface area contributed by atoms with E-state index in [-0.39, 0.29) is 0 Å². The van der Waals surface area contributed by atoms with Gasteiger partial charge in [-0.3, -0.25) is 0 Å². The number of hydrogen-bond donors (Lipinski definition) is 2. The van der Waals surface area contributed by atoms with Crippen LogP contribution in [0.4, 0.5) is 17.3 Å². The third-order valence-corrected chi connectivity index (χ3v) is 2.40. The van der Waals surface area contributed by atoms with Crippen LogP contribution in [0, 0.1) is 13.8 Å². The van der Waals surface area contributed by atoms with Crippen LogP contribution in [0.3, 0.4) is 0 Å². The average Bonchev–Trinajstić information content (AvgIpc) is 2.32. The minimum absolute atomic E-state index is 0.732. The predicted molar refractivity (Wildman–Crippen MR) is 68.6 cm³/mol. The van der Waals surface area contributed by atoms with Gasteiger partial charge in [-0.1, -0.05) is 0 Å². The van der Waals surface area contributed by atoms with Gasteiger partial charge in [-0.15, -0.1) is 0 Å². The number of nitrogens with zero attached hydrogens (tertiary/aromatic N) is 3. The first-order valence-electron chi connectivity index (χ1n) is 5.40. The van der Waals surface area contributed by atoms with Crippen molar-refractivity contribution in [2.45, 2.75) is 13.8 Å². The number of aromatic nitrogens is 3. The molecule has 0 aromatic carbocycles. The number of hydrogen-bond acceptors (Lipinski definition) is 5. The third kappa shape index (κ3) is 2.69. The van der Waals surface area contributed by atoms with Crippen LogP contribution in [0.25, 0.3) is 0 Å². The van der Waals surface area contributed by atoms with Crippen LogP contribution in [0.1, 0.15) is 11.4 Å². The SMILES string of the molecule is CNc1cc(Nc2ccnc(C)n2)ncc1C. The van der Waals surface area contributed by atoms with Crippen molar-refractivity contribution in [1.82, 2.24) is 15.0 Å². The van der Waals surface area contributed by atoms with E-state index in [4.69, 9.17) is 0 Å². The molecular formula is C12H15N5. The lowest BCUT2D eigenvalue weighted by atomic mass is 10.2. The van der Waals surface area contributed by atoms with Gasteiger partial charge >= 0.3 is 0 Å². The molecule has 0 unspecified atom stereocenters. The Balaban J connectivity index is 2.24. The van der Waals surface area contributed by atoms with E-state index in [0.717, 1.165) is 28.7 Å². The molecule has 2 aromatic rings. The fourth-order valence-corrected chi connectivity index (χ4v) is 1.52. The maximum atomic E-state index is 4.30. The molecule has 0 spiro atoms. The lowest BCUT2D eigenvalue weighted by Gasteiger charge is -2.09. The lowest BCUT2D eigenvalue weighted by Crippen LogP contribution is -2.00. The molecule has 0 amide bonds. The number of nitrogens with one attached hydrogen (secondary N) is 2. The highest BCUT2D eigenvalue weighted by atomic mass is 15.1. The first-order chi connectivity index (χ1) is 8.19. The van der Waals surface area contributed by atoms with Crippen LogP contribution in [0.15, 0.2) is 24.5 Å². The summed E-state index contributed by atoms with van der Waals surface area (Å²) in [6.07, 6.45) is 3.54. The Morgan fingerprint density at radius 1 is 1.12 bits per heavy atom. The minimum atomic E-state index is 0.732. The fraction of sp³-hybridized carbons (Fsp3) is 0.250. The van der Waals surface area contributed by atoms with Gasteiger partial charge in [-0.05, 0) is 25.5 Å². The van der Waals surface area contributed by atoms with E-state index >= 15 is 0 Å². The molecule has 0 radical (unpaired) electrons. The van der Waals surface area contributed by atoms with E-state index in [9.17, 15) is 0 Å². The zero-order valence-corrected chi connectivity index (χ0v) is 10.2. The van der Waals surface area contributed by atoms with Crippen molar-refractivity contribution in [3.63, 3.8) is 0 Å². The molecule has 17 heavy (non-hydrogen) atoms. The van der Waals surface area contributed by atoms with E-state index in [1.807, 2.05) is 39.2 Å². The van der Waals surface area contributed by atoms with Crippen molar-refractivity contribution < 1.29 is 0 Å². The summed E-state index contributed by atoms with van der Waals surface area (Å²) in [5.41, 5.74) is 2.16. The van der Waals surface area contributed by atoms with Crippen molar-refractivity contribution in [2.75, 3.05) is 17.7 Å². The molecule has 0 aliphatic carbocycles. The van der Waals surface area contributed by atoms with Crippen LogP contribution in [-0.4, -0.2) is 22.0 Å². The minimum Gasteiger partial charge on any atom is -0.388 e. The molecule has 0 atom stereocenters. The average molecular weight is 229 g/mol. The van der Waals surface area contributed by atoms with Crippen molar-refractivity contribution in [3.05, 3.63) is 35.9 Å². The number of rotatable bonds is 3. The maximum Gasteiger partial charge on any atom is 0.135 e. The zero-order chi connectivity index (χ0) is 12.3. The van der Waals surface area contributed by atoms with Gasteiger partial charge in [-0.25, -0.2) is 15.0 Å². The molecule has 2 rings (SSSR count). The Labute approximate surface area is 100 Å². The van der Waals surface area contributed by atoms with Crippen LogP contribution >= 0.6 is 0 Å². The second-order valence-electron chi connectivity index (χ2n) is 3.75. The summed E-state index contributed by atoms with van der Waals surface area (Å²) >= 11 is 0. The van der Waals surface area contributed by atoms with E-state index in [1.54, 1.807) is 6.20 Å². The lowest BCUT2D eigenvalue weighted by molar-refractivity contribution is 1.05. The number of anilines is 3. The second kappa shape index (κ2) is 4.78. The first-order valence-corrected chi connectivity index (χ1v) is 5.40. The summed E-state index contributed by atoms with van der Waals surface area (Å²) in [5, 5.41) is 6.26. The smallest absolute Gasteiger partial charge is 0.135 e. The monoisotopic (exact) mass is 229 g/mol. The van der Waals surface area contributed by atoms with Crippen LogP contribution < -0.4 is 10.6 Å². The van der Waals surface area contributed by atoms with Gasteiger partial charge in [0.2, 0.25) is 0 Å². The van der Waals surface area contributed by atoms with Crippen molar-refractivity contribution in [3.8, 4) is 0 Å². The van der Waals surface area contributed by atoms with Gasteiger partial charge in [-0.2, -0.15) is 0 Å². The zero-order valence-electron chi connectivity index (χ0n) is 10.2. The first kappa shape index (κ1) is 11.3. The Morgan fingerprint density at radius 3 is 2.65 bits per heavy atom. The third-order valence-electron chi connectivity index (χ3n) is 2.40. The standard InChI is InChI=1S/C12H15N5/c1-8-7-15-12(6-10(8)13-3)17-11-4-5-14-9(2)16-11/h4-7H,1-3H3,(H2,13,14,15,16,17). The van der Waals surface area contributed by atoms with Crippen molar-refractivity contribution >= 4 is 17.3 Å². The topological polar surface area (TPSA) is 62.7 Å². The van der Waals surface area contributed by atoms with E-state index in [2.05, 4.69) is 25.6 Å². The van der Waals surface area contributed by atoms with Crippen molar-refractivity contribution in [2.24, 2.45) is 0 Å². The summed E-state index contributed by atoms with van der Waals surface area (Å²) in [6, 6.07) is 3.76. The highest BCUT2D eigenvalue weighted by Crippen LogP contribution is 2.19. The van der Waals surface area contributed by atoms with Gasteiger partial charge in [0.15, 0.2) is 0 Å². The van der Waals surface area contributed by atoms with Gasteiger partial charge in [0.05, 0.1) is 0 Å². The van der Waals surface area contributed by atoms with Crippen molar-refractivity contribution in [1.29, 1.82) is 0 Å². The summed E-state index contributed by atoms with van der Waals surface area (Å²) in [4.78, 5) is 12.6. The van der Waals surface area contributed by atoms with Crippen LogP contribution in [0.2, 0.25) is 0 Å². The molecule has 88 valence electrons. The largest absolute Gasteiger partial charge is 0.388 e. The molecule has 0 saturated carbocycles. The van der Waals surface area contributed by atoms with Crippen LogP contribution in [0.5, 0.6) is 0 Å². The van der Waals surface area contributed by atoms with Gasteiger partial charge in [0.25, 0.3) is 0 Å². The van der Waals surface area contributed by atoms with Gasteiger partial charge in [0, 0.05) is 31.2 Å². The summed E-state index contributed by atoms with van der Waals surface area (Å²) in [6.45, 7) is 3.87. The Morgan fingerprint density at radius 2 is 1.94 bits per heavy atom. The molecule has 0 aliphatic heterocycles. The van der Waals surface area contributed by atoms with Gasteiger partial charge in [0.1, 0.15) is 17.5 Å². The van der Waals surface area contributed by atoms with Crippen LogP contribution in [-0.2, 0) is 0 Å². The predicted octanol–water partition coefficient (Wildman–Crippen LogP) is 2.27.